The third-order valence-corrected chi connectivity index (χ3v) is 3.31. The molecule has 6 nitrogen and oxygen atoms in total. The van der Waals surface area contributed by atoms with Crippen molar-refractivity contribution >= 4 is 24.3 Å². The zero-order valence-corrected chi connectivity index (χ0v) is 14.1. The molecule has 0 aliphatic heterocycles. The lowest BCUT2D eigenvalue weighted by Crippen LogP contribution is -2.52. The number of carbonyl (C=O) groups excluding carboxylic acids is 1. The second-order valence-electron chi connectivity index (χ2n) is 5.83. The Balaban J connectivity index is 0.00000484. The molecule has 0 bridgehead atoms. The van der Waals surface area contributed by atoms with Gasteiger partial charge in [-0.2, -0.15) is 0 Å². The SMILES string of the molecule is CC(C)C[C@H](NC(=O)[C@@H](O)[C@H](N)Cc1ccccc1)C(=O)O.Cl. The maximum absolute atomic E-state index is 12.0. The Labute approximate surface area is 142 Å². The van der Waals surface area contributed by atoms with E-state index in [0.29, 0.717) is 12.8 Å². The number of aliphatic hydroxyl groups is 1. The van der Waals surface area contributed by atoms with Crippen molar-refractivity contribution < 1.29 is 19.8 Å². The van der Waals surface area contributed by atoms with Gasteiger partial charge in [0.05, 0.1) is 0 Å². The number of rotatable bonds is 8. The average Bonchev–Trinajstić information content (AvgIpc) is 2.46. The maximum Gasteiger partial charge on any atom is 0.326 e. The van der Waals surface area contributed by atoms with Gasteiger partial charge in [-0.1, -0.05) is 44.2 Å². The molecule has 0 radical (unpaired) electrons. The summed E-state index contributed by atoms with van der Waals surface area (Å²) in [5.41, 5.74) is 6.75. The average molecular weight is 345 g/mol. The molecule has 0 saturated heterocycles. The summed E-state index contributed by atoms with van der Waals surface area (Å²) in [4.78, 5) is 23.1. The van der Waals surface area contributed by atoms with Gasteiger partial charge >= 0.3 is 5.97 Å². The van der Waals surface area contributed by atoms with Crippen LogP contribution >= 0.6 is 12.4 Å². The van der Waals surface area contributed by atoms with E-state index in [4.69, 9.17) is 10.8 Å². The molecule has 1 rings (SSSR count). The van der Waals surface area contributed by atoms with E-state index in [1.807, 2.05) is 44.2 Å². The van der Waals surface area contributed by atoms with E-state index < -0.39 is 30.1 Å². The van der Waals surface area contributed by atoms with E-state index in [1.54, 1.807) is 0 Å². The van der Waals surface area contributed by atoms with Gasteiger partial charge in [-0.25, -0.2) is 4.79 Å². The molecule has 0 saturated carbocycles. The van der Waals surface area contributed by atoms with Crippen molar-refractivity contribution in [2.45, 2.75) is 44.9 Å². The van der Waals surface area contributed by atoms with E-state index in [0.717, 1.165) is 5.56 Å². The molecule has 5 N–H and O–H groups in total. The van der Waals surface area contributed by atoms with Gasteiger partial charge in [0, 0.05) is 6.04 Å². The molecule has 130 valence electrons. The maximum atomic E-state index is 12.0. The zero-order valence-electron chi connectivity index (χ0n) is 13.3. The minimum absolute atomic E-state index is 0. The van der Waals surface area contributed by atoms with Gasteiger partial charge in [-0.3, -0.25) is 4.79 Å². The fraction of sp³-hybridized carbons (Fsp3) is 0.500. The molecule has 1 aromatic carbocycles. The van der Waals surface area contributed by atoms with Gasteiger partial charge in [-0.15, -0.1) is 12.4 Å². The highest BCUT2D eigenvalue weighted by Crippen LogP contribution is 2.08. The Hall–Kier alpha value is -1.63. The van der Waals surface area contributed by atoms with Crippen molar-refractivity contribution in [3.63, 3.8) is 0 Å². The number of carboxylic acids is 1. The predicted molar refractivity (Wildman–Crippen MR) is 90.4 cm³/mol. The van der Waals surface area contributed by atoms with E-state index in [1.165, 1.54) is 0 Å². The third kappa shape index (κ3) is 7.45. The molecule has 0 unspecified atom stereocenters. The summed E-state index contributed by atoms with van der Waals surface area (Å²) >= 11 is 0. The Morgan fingerprint density at radius 1 is 1.22 bits per heavy atom. The first-order valence-corrected chi connectivity index (χ1v) is 7.32. The number of halogens is 1. The Kier molecular flexibility index (Phi) is 9.48. The second kappa shape index (κ2) is 10.2. The number of nitrogens with two attached hydrogens (primary N) is 1. The quantitative estimate of drug-likeness (QED) is 0.561. The molecule has 0 aromatic heterocycles. The molecule has 3 atom stereocenters. The standard InChI is InChI=1S/C16H24N2O4.ClH/c1-10(2)8-13(16(21)22)18-15(20)14(19)12(17)9-11-6-4-3-5-7-11;/h3-7,10,12-14,19H,8-9,17H2,1-2H3,(H,18,20)(H,21,22);1H/t12-,13+,14+;/m1./s1. The lowest BCUT2D eigenvalue weighted by atomic mass is 10.00. The number of aliphatic hydroxyl groups excluding tert-OH is 1. The van der Waals surface area contributed by atoms with Crippen LogP contribution in [-0.2, 0) is 16.0 Å². The fourth-order valence-corrected chi connectivity index (χ4v) is 2.14. The highest BCUT2D eigenvalue weighted by Gasteiger charge is 2.28. The molecule has 0 heterocycles. The van der Waals surface area contributed by atoms with Crippen LogP contribution in [0.3, 0.4) is 0 Å². The molecule has 23 heavy (non-hydrogen) atoms. The van der Waals surface area contributed by atoms with Crippen molar-refractivity contribution in [3.05, 3.63) is 35.9 Å². The monoisotopic (exact) mass is 344 g/mol. The highest BCUT2D eigenvalue weighted by atomic mass is 35.5. The number of carboxylic acid groups (broad SMARTS) is 1. The first-order chi connectivity index (χ1) is 10.3. The second-order valence-corrected chi connectivity index (χ2v) is 5.83. The number of amides is 1. The normalized spacial score (nSPS) is 14.5. The molecule has 0 spiro atoms. The molecule has 0 fully saturated rings. The summed E-state index contributed by atoms with van der Waals surface area (Å²) in [6.45, 7) is 3.72. The van der Waals surface area contributed by atoms with E-state index in [-0.39, 0.29) is 18.3 Å². The number of benzene rings is 1. The number of hydrogen-bond donors (Lipinski definition) is 4. The van der Waals surface area contributed by atoms with Gasteiger partial charge in [0.25, 0.3) is 5.91 Å². The molecule has 1 amide bonds. The van der Waals surface area contributed by atoms with Crippen molar-refractivity contribution in [3.8, 4) is 0 Å². The number of hydrogen-bond acceptors (Lipinski definition) is 4. The van der Waals surface area contributed by atoms with E-state index in [9.17, 15) is 14.7 Å². The predicted octanol–water partition coefficient (Wildman–Crippen LogP) is 0.955. The molecule has 0 aliphatic rings. The number of carbonyl (C=O) groups is 2. The van der Waals surface area contributed by atoms with Gasteiger partial charge in [-0.05, 0) is 24.3 Å². The van der Waals surface area contributed by atoms with Gasteiger partial charge < -0.3 is 21.3 Å². The van der Waals surface area contributed by atoms with Crippen molar-refractivity contribution in [2.75, 3.05) is 0 Å². The third-order valence-electron chi connectivity index (χ3n) is 3.31. The number of aliphatic carboxylic acids is 1. The first kappa shape index (κ1) is 21.4. The first-order valence-electron chi connectivity index (χ1n) is 7.32. The Bertz CT molecular complexity index is 496. The van der Waals surface area contributed by atoms with Crippen molar-refractivity contribution in [1.82, 2.24) is 5.32 Å². The summed E-state index contributed by atoms with van der Waals surface area (Å²) in [6, 6.07) is 7.44. The smallest absolute Gasteiger partial charge is 0.326 e. The van der Waals surface area contributed by atoms with Crippen LogP contribution in [0.25, 0.3) is 0 Å². The largest absolute Gasteiger partial charge is 0.480 e. The fourth-order valence-electron chi connectivity index (χ4n) is 2.14. The van der Waals surface area contributed by atoms with Crippen LogP contribution < -0.4 is 11.1 Å². The van der Waals surface area contributed by atoms with Gasteiger partial charge in [0.2, 0.25) is 0 Å². The Morgan fingerprint density at radius 2 is 1.78 bits per heavy atom. The molecular weight excluding hydrogens is 320 g/mol. The summed E-state index contributed by atoms with van der Waals surface area (Å²) in [7, 11) is 0. The van der Waals surface area contributed by atoms with Crippen LogP contribution in [0.5, 0.6) is 0 Å². The zero-order chi connectivity index (χ0) is 16.7. The topological polar surface area (TPSA) is 113 Å². The lowest BCUT2D eigenvalue weighted by Gasteiger charge is -2.22. The molecular formula is C16H25ClN2O4. The van der Waals surface area contributed by atoms with Crippen LogP contribution in [0.15, 0.2) is 30.3 Å². The minimum atomic E-state index is -1.45. The van der Waals surface area contributed by atoms with Crippen LogP contribution in [0.2, 0.25) is 0 Å². The summed E-state index contributed by atoms with van der Waals surface area (Å²) in [5, 5.41) is 21.4. The van der Waals surface area contributed by atoms with E-state index in [2.05, 4.69) is 5.32 Å². The summed E-state index contributed by atoms with van der Waals surface area (Å²) in [6.07, 6.45) is -0.826. The minimum Gasteiger partial charge on any atom is -0.480 e. The summed E-state index contributed by atoms with van der Waals surface area (Å²) in [5.74, 6) is -1.76. The van der Waals surface area contributed by atoms with Gasteiger partial charge in [0.1, 0.15) is 12.1 Å². The van der Waals surface area contributed by atoms with Crippen LogP contribution in [0.4, 0.5) is 0 Å². The van der Waals surface area contributed by atoms with Gasteiger partial charge in [0.15, 0.2) is 0 Å². The van der Waals surface area contributed by atoms with E-state index >= 15 is 0 Å². The Morgan fingerprint density at radius 3 is 2.26 bits per heavy atom. The van der Waals surface area contributed by atoms with Crippen LogP contribution in [0.1, 0.15) is 25.8 Å². The molecule has 7 heteroatoms. The highest BCUT2D eigenvalue weighted by molar-refractivity contribution is 5.86. The molecule has 0 aliphatic carbocycles. The molecule has 1 aromatic rings. The van der Waals surface area contributed by atoms with Crippen molar-refractivity contribution in [1.29, 1.82) is 0 Å². The summed E-state index contributed by atoms with van der Waals surface area (Å²) < 4.78 is 0. The lowest BCUT2D eigenvalue weighted by molar-refractivity contribution is -0.144. The van der Waals surface area contributed by atoms with Crippen LogP contribution in [-0.4, -0.2) is 40.3 Å². The van der Waals surface area contributed by atoms with Crippen LogP contribution in [0, 0.1) is 5.92 Å². The van der Waals surface area contributed by atoms with Crippen molar-refractivity contribution in [2.24, 2.45) is 11.7 Å². The number of nitrogens with one attached hydrogen (secondary N) is 1.